The molecule has 0 aliphatic heterocycles. The first-order chi connectivity index (χ1) is 21.4. The van der Waals surface area contributed by atoms with Gasteiger partial charge in [0.05, 0.1) is 16.8 Å². The monoisotopic (exact) mass is 689 g/mol. The van der Waals surface area contributed by atoms with Gasteiger partial charge in [-0.15, -0.1) is 0 Å². The Balaban J connectivity index is 1.97. The highest BCUT2D eigenvalue weighted by atomic mass is 35.5. The molecule has 2 unspecified atom stereocenters. The van der Waals surface area contributed by atoms with E-state index in [4.69, 9.17) is 23.1 Å². The topological polar surface area (TPSA) is 258 Å². The fourth-order valence-electron chi connectivity index (χ4n) is 6.44. The number of anilines is 2. The Kier molecular flexibility index (Phi) is 8.29. The van der Waals surface area contributed by atoms with Gasteiger partial charge in [-0.05, 0) is 55.1 Å². The minimum atomic E-state index is -5.13. The maximum absolute atomic E-state index is 14.2. The molecule has 0 radical (unpaired) electrons. The van der Waals surface area contributed by atoms with Gasteiger partial charge >= 0.3 is 0 Å². The number of allylic oxidation sites excluding steroid dienone is 1. The molecule has 5 rings (SSSR count). The zero-order valence-electron chi connectivity index (χ0n) is 24.5. The first-order valence-electron chi connectivity index (χ1n) is 13.5. The number of nitrogens with one attached hydrogen (secondary N) is 2. The van der Waals surface area contributed by atoms with Crippen LogP contribution in [0, 0.1) is 0 Å². The van der Waals surface area contributed by atoms with Crippen molar-refractivity contribution < 1.29 is 35.5 Å². The molecule has 15 nitrogen and oxygen atoms in total. The number of nitrogens with zero attached hydrogens (tertiary/aromatic N) is 3. The summed E-state index contributed by atoms with van der Waals surface area (Å²) in [6.45, 7) is 4.61. The third kappa shape index (κ3) is 5.33. The molecule has 242 valence electrons. The van der Waals surface area contributed by atoms with E-state index in [0.717, 1.165) is 12.4 Å². The molecule has 18 heteroatoms. The summed E-state index contributed by atoms with van der Waals surface area (Å²) < 4.78 is 72.9. The minimum Gasteiger partial charge on any atom is -0.397 e. The highest BCUT2D eigenvalue weighted by molar-refractivity contribution is 7.90. The Labute approximate surface area is 268 Å². The molecule has 2 aliphatic rings. The van der Waals surface area contributed by atoms with Crippen LogP contribution in [0.4, 0.5) is 11.6 Å². The molecule has 8 N–H and O–H groups in total. The van der Waals surface area contributed by atoms with Crippen LogP contribution in [-0.2, 0) is 20.2 Å². The number of hydrogen-bond donors (Lipinski definition) is 6. The van der Waals surface area contributed by atoms with Crippen molar-refractivity contribution in [2.24, 2.45) is 5.73 Å². The Morgan fingerprint density at radius 1 is 1.00 bits per heavy atom. The third-order valence-electron chi connectivity index (χ3n) is 8.03. The number of nitrogens with two attached hydrogens (primary N) is 2. The van der Waals surface area contributed by atoms with Crippen LogP contribution in [0.1, 0.15) is 64.1 Å². The third-order valence-corrected chi connectivity index (χ3v) is 10.4. The fraction of sp³-hybridized carbons (Fsp3) is 0.250. The molecule has 0 spiro atoms. The summed E-state index contributed by atoms with van der Waals surface area (Å²) in [5.74, 6) is -3.17. The second kappa shape index (κ2) is 11.5. The summed E-state index contributed by atoms with van der Waals surface area (Å²) in [4.78, 5) is 38.4. The molecule has 2 atom stereocenters. The number of carbonyl (C=O) groups is 2. The van der Waals surface area contributed by atoms with E-state index in [1.54, 1.807) is 6.92 Å². The molecule has 1 heterocycles. The average Bonchev–Trinajstić information content (AvgIpc) is 2.94. The van der Waals surface area contributed by atoms with Crippen molar-refractivity contribution in [3.05, 3.63) is 91.5 Å². The Hall–Kier alpha value is -4.26. The predicted octanol–water partition coefficient (Wildman–Crippen LogP) is 2.08. The lowest BCUT2D eigenvalue weighted by atomic mass is 9.67. The van der Waals surface area contributed by atoms with Gasteiger partial charge in [0.25, 0.3) is 20.2 Å². The van der Waals surface area contributed by atoms with Crippen LogP contribution in [0.15, 0.2) is 63.3 Å². The first kappa shape index (κ1) is 33.1. The first-order valence-corrected chi connectivity index (χ1v) is 16.8. The summed E-state index contributed by atoms with van der Waals surface area (Å²) >= 11 is 5.99. The van der Waals surface area contributed by atoms with Gasteiger partial charge in [-0.2, -0.15) is 21.8 Å². The molecule has 0 amide bonds. The maximum atomic E-state index is 14.2. The number of halogens is 1. The summed E-state index contributed by atoms with van der Waals surface area (Å²) in [7, 11) is -10.2. The van der Waals surface area contributed by atoms with Gasteiger partial charge in [-0.1, -0.05) is 24.3 Å². The quantitative estimate of drug-likeness (QED) is 0.114. The molecule has 0 saturated heterocycles. The largest absolute Gasteiger partial charge is 0.397 e. The normalized spacial score (nSPS) is 20.0. The lowest BCUT2D eigenvalue weighted by molar-refractivity contribution is 0.0978. The van der Waals surface area contributed by atoms with Crippen LogP contribution in [0.25, 0.3) is 0 Å². The molecular formula is C28H28ClN7O8S2. The van der Waals surface area contributed by atoms with Crippen molar-refractivity contribution in [2.45, 2.75) is 37.1 Å². The van der Waals surface area contributed by atoms with Gasteiger partial charge in [0.15, 0.2) is 11.6 Å². The van der Waals surface area contributed by atoms with Crippen molar-refractivity contribution >= 4 is 55.0 Å². The van der Waals surface area contributed by atoms with Crippen LogP contribution in [0.5, 0.6) is 0 Å². The molecule has 1 aromatic heterocycles. The lowest BCUT2D eigenvalue weighted by Gasteiger charge is -2.45. The second-order valence-electron chi connectivity index (χ2n) is 10.8. The van der Waals surface area contributed by atoms with Crippen LogP contribution in [0.3, 0.4) is 0 Å². The van der Waals surface area contributed by atoms with E-state index in [1.807, 2.05) is 0 Å². The Morgan fingerprint density at radius 3 is 2.15 bits per heavy atom. The number of aromatic nitrogens is 3. The highest BCUT2D eigenvalue weighted by Gasteiger charge is 2.52. The van der Waals surface area contributed by atoms with Crippen LogP contribution < -0.4 is 22.1 Å². The van der Waals surface area contributed by atoms with E-state index in [1.165, 1.54) is 38.1 Å². The molecule has 0 fully saturated rings. The van der Waals surface area contributed by atoms with E-state index in [2.05, 4.69) is 25.6 Å². The van der Waals surface area contributed by atoms with E-state index >= 15 is 0 Å². The van der Waals surface area contributed by atoms with E-state index < -0.39 is 64.3 Å². The van der Waals surface area contributed by atoms with Gasteiger partial charge in [-0.3, -0.25) is 18.7 Å². The number of benzene rings is 2. The number of hydrogen-bond acceptors (Lipinski definition) is 13. The smallest absolute Gasteiger partial charge is 0.296 e. The fourth-order valence-corrected chi connectivity index (χ4v) is 8.42. The number of rotatable bonds is 8. The molecule has 0 bridgehead atoms. The molecule has 3 aromatic rings. The SMILES string of the molecule is CC1=C(S(=O)(=O)O)C(C)(Nc2ncnc(Cl)n2)C(c2cc(S(=O)(=O)O)c(N)c3c2C(=O)c2ccccc2C3=O)C(C)=C1NCCN. The van der Waals surface area contributed by atoms with Crippen LogP contribution in [-0.4, -0.2) is 71.1 Å². The molecular weight excluding hydrogens is 662 g/mol. The van der Waals surface area contributed by atoms with Crippen molar-refractivity contribution in [1.82, 2.24) is 20.3 Å². The predicted molar refractivity (Wildman–Crippen MR) is 168 cm³/mol. The molecule has 0 saturated carbocycles. The van der Waals surface area contributed by atoms with Gasteiger partial charge in [-0.25, -0.2) is 9.97 Å². The van der Waals surface area contributed by atoms with Gasteiger partial charge in [0.1, 0.15) is 16.1 Å². The summed E-state index contributed by atoms with van der Waals surface area (Å²) in [6, 6.07) is 6.74. The summed E-state index contributed by atoms with van der Waals surface area (Å²) in [6.07, 6.45) is 1.04. The summed E-state index contributed by atoms with van der Waals surface area (Å²) in [5, 5.41) is 5.67. The van der Waals surface area contributed by atoms with Crippen LogP contribution in [0.2, 0.25) is 5.28 Å². The van der Waals surface area contributed by atoms with Crippen molar-refractivity contribution in [3.8, 4) is 0 Å². The second-order valence-corrected chi connectivity index (χ2v) is 13.9. The lowest BCUT2D eigenvalue weighted by Crippen LogP contribution is -2.50. The number of fused-ring (bicyclic) bond motifs is 2. The van der Waals surface area contributed by atoms with Gasteiger partial charge < -0.3 is 22.1 Å². The Morgan fingerprint density at radius 2 is 1.61 bits per heavy atom. The highest BCUT2D eigenvalue weighted by Crippen LogP contribution is 2.52. The average molecular weight is 690 g/mol. The van der Waals surface area contributed by atoms with Crippen molar-refractivity contribution in [3.63, 3.8) is 0 Å². The van der Waals surface area contributed by atoms with Gasteiger partial charge in [0.2, 0.25) is 11.2 Å². The Bertz CT molecular complexity index is 2130. The zero-order chi connectivity index (χ0) is 33.9. The van der Waals surface area contributed by atoms with E-state index in [0.29, 0.717) is 5.57 Å². The van der Waals surface area contributed by atoms with E-state index in [9.17, 15) is 35.5 Å². The number of carbonyl (C=O) groups excluding carboxylic acids is 2. The number of ketones is 2. The van der Waals surface area contributed by atoms with Crippen LogP contribution >= 0.6 is 11.6 Å². The molecule has 2 aromatic carbocycles. The van der Waals surface area contributed by atoms with Crippen molar-refractivity contribution in [1.29, 1.82) is 0 Å². The van der Waals surface area contributed by atoms with Gasteiger partial charge in [0, 0.05) is 41.4 Å². The van der Waals surface area contributed by atoms with Crippen molar-refractivity contribution in [2.75, 3.05) is 24.1 Å². The molecule has 46 heavy (non-hydrogen) atoms. The number of nitrogen functional groups attached to an aromatic ring is 1. The minimum absolute atomic E-state index is 0.0141. The zero-order valence-corrected chi connectivity index (χ0v) is 26.9. The maximum Gasteiger partial charge on any atom is 0.296 e. The van der Waals surface area contributed by atoms with E-state index in [-0.39, 0.29) is 57.8 Å². The standard InChI is InChI=1S/C28H28ClN7O8S2/c1-12-20(16-10-17(45(39,40)41)21(31)19-18(16)23(37)14-6-4-5-7-15(14)24(19)38)28(3,36-27-34-11-33-26(29)35-27)25(46(42,43)44)13(2)22(12)32-9-8-30/h4-7,10-11,20,32H,8-9,30-31H2,1-3H3,(H,39,40,41)(H,42,43,44)(H,33,34,35,36). The molecule has 2 aliphatic carbocycles. The summed E-state index contributed by atoms with van der Waals surface area (Å²) in [5.41, 5.74) is 8.69.